The molecule has 1 unspecified atom stereocenters. The Bertz CT molecular complexity index is 2420. The summed E-state index contributed by atoms with van der Waals surface area (Å²) in [6.45, 7) is 11.9. The van der Waals surface area contributed by atoms with Crippen molar-refractivity contribution in [1.82, 2.24) is 0 Å². The minimum absolute atomic E-state index is 0.284. The number of hydrogen-bond donors (Lipinski definition) is 1. The van der Waals surface area contributed by atoms with Gasteiger partial charge in [-0.1, -0.05) is 398 Å². The van der Waals surface area contributed by atoms with Crippen LogP contribution in [0, 0.1) is 0 Å². The maximum Gasteiger partial charge on any atom is 0.164 e. The Hall–Kier alpha value is -3.88. The first-order valence-corrected chi connectivity index (χ1v) is 42.9. The molecule has 0 aromatic heterocycles. The van der Waals surface area contributed by atoms with Gasteiger partial charge in [0.1, 0.15) is 23.0 Å². The van der Waals surface area contributed by atoms with E-state index in [1.54, 1.807) is 0 Å². The molecule has 0 heterocycles. The molecule has 0 radical (unpaired) electrons. The van der Waals surface area contributed by atoms with Gasteiger partial charge in [-0.05, 0) is 85.3 Å². The summed E-state index contributed by atoms with van der Waals surface area (Å²) < 4.78 is 38.8. The van der Waals surface area contributed by atoms with Crippen molar-refractivity contribution in [2.24, 2.45) is 0 Å². The summed E-state index contributed by atoms with van der Waals surface area (Å²) in [6, 6.07) is 28.2. The molecular weight excluding hydrogens is 1240 g/mol. The van der Waals surface area contributed by atoms with Gasteiger partial charge in [-0.15, -0.1) is 0 Å². The number of unbranched alkanes of at least 4 members (excludes halogenated alkanes) is 52. The third-order valence-electron chi connectivity index (χ3n) is 19.9. The summed E-state index contributed by atoms with van der Waals surface area (Å²) >= 11 is 11.2. The quantitative estimate of drug-likeness (QED) is 0.0205. The largest absolute Gasteiger partial charge is 0.490 e. The molecule has 0 spiro atoms. The van der Waals surface area contributed by atoms with Crippen molar-refractivity contribution >= 4 is 29.7 Å². The smallest absolute Gasteiger partial charge is 0.164 e. The van der Waals surface area contributed by atoms with Crippen LogP contribution in [0.5, 0.6) is 46.0 Å². The van der Waals surface area contributed by atoms with Crippen molar-refractivity contribution in [2.75, 3.05) is 26.4 Å². The first-order chi connectivity index (χ1) is 48.4. The zero-order valence-electron chi connectivity index (χ0n) is 63.9. The Morgan fingerprint density at radius 3 is 0.704 bits per heavy atom. The molecule has 0 aliphatic heterocycles. The van der Waals surface area contributed by atoms with E-state index in [2.05, 4.69) is 39.8 Å². The van der Waals surface area contributed by atoms with Crippen LogP contribution >= 0.6 is 24.8 Å². The van der Waals surface area contributed by atoms with Gasteiger partial charge in [0, 0.05) is 17.0 Å². The van der Waals surface area contributed by atoms with Crippen molar-refractivity contribution in [2.45, 2.75) is 393 Å². The normalized spacial score (nSPS) is 11.7. The Kier molecular flexibility index (Phi) is 55.5. The molecule has 0 bridgehead atoms. The SMILES string of the molecule is CCCCCCCCCCCCCCCCOc1ccc(Oc2ccc(C(=S)C(S)c3ccc(Oc4ccc(OCCCCCCCCCCCCCCCC)c(OCCCCCCCCCCCCCCCC)c4)cc3)cc2)cc1OCCCCCCCCCCCCCCCC. The second-order valence-electron chi connectivity index (χ2n) is 29.1. The lowest BCUT2D eigenvalue weighted by molar-refractivity contribution is 0.257. The predicted molar refractivity (Wildman–Crippen MR) is 433 cm³/mol. The molecule has 4 rings (SSSR count). The highest BCUT2D eigenvalue weighted by Gasteiger charge is 2.17. The monoisotopic (exact) mass is 1390 g/mol. The Morgan fingerprint density at radius 2 is 0.459 bits per heavy atom. The van der Waals surface area contributed by atoms with E-state index in [0.29, 0.717) is 26.4 Å². The van der Waals surface area contributed by atoms with E-state index in [9.17, 15) is 0 Å². The average molecular weight is 1390 g/mol. The number of thiocarbonyl (C=S) groups is 1. The van der Waals surface area contributed by atoms with E-state index in [4.69, 9.17) is 53.3 Å². The summed E-state index contributed by atoms with van der Waals surface area (Å²) in [5, 5.41) is -0.284. The number of thiol groups is 1. The van der Waals surface area contributed by atoms with Gasteiger partial charge in [0.15, 0.2) is 23.0 Å². The van der Waals surface area contributed by atoms with Gasteiger partial charge in [-0.2, -0.15) is 12.6 Å². The van der Waals surface area contributed by atoms with E-state index in [0.717, 1.165) is 87.7 Å². The van der Waals surface area contributed by atoms with Crippen LogP contribution in [-0.2, 0) is 0 Å². The highest BCUT2D eigenvalue weighted by atomic mass is 32.1. The molecule has 98 heavy (non-hydrogen) atoms. The molecule has 0 saturated heterocycles. The summed E-state index contributed by atoms with van der Waals surface area (Å²) in [6.07, 6.45) is 75.0. The lowest BCUT2D eigenvalue weighted by atomic mass is 10.0. The summed E-state index contributed by atoms with van der Waals surface area (Å²) in [5.41, 5.74) is 1.94. The first-order valence-electron chi connectivity index (χ1n) is 42.0. The van der Waals surface area contributed by atoms with Crippen molar-refractivity contribution in [3.63, 3.8) is 0 Å². The maximum absolute atomic E-state index is 6.50. The van der Waals surface area contributed by atoms with Gasteiger partial charge < -0.3 is 28.4 Å². The van der Waals surface area contributed by atoms with Crippen LogP contribution < -0.4 is 28.4 Å². The molecule has 0 fully saturated rings. The van der Waals surface area contributed by atoms with Crippen LogP contribution in [0.15, 0.2) is 84.9 Å². The Morgan fingerprint density at radius 1 is 0.255 bits per heavy atom. The van der Waals surface area contributed by atoms with E-state index in [1.165, 1.54) is 334 Å². The zero-order chi connectivity index (χ0) is 69.5. The zero-order valence-corrected chi connectivity index (χ0v) is 65.6. The van der Waals surface area contributed by atoms with Crippen molar-refractivity contribution in [1.29, 1.82) is 0 Å². The minimum atomic E-state index is -0.284. The molecule has 0 aliphatic carbocycles. The fourth-order valence-electron chi connectivity index (χ4n) is 13.5. The molecule has 0 amide bonds. The van der Waals surface area contributed by atoms with Gasteiger partial charge in [0.2, 0.25) is 0 Å². The number of benzene rings is 4. The molecule has 8 heteroatoms. The molecule has 6 nitrogen and oxygen atoms in total. The molecule has 0 aliphatic rings. The number of rotatable bonds is 71. The van der Waals surface area contributed by atoms with Crippen LogP contribution in [0.2, 0.25) is 0 Å². The molecule has 4 aromatic carbocycles. The lowest BCUT2D eigenvalue weighted by Crippen LogP contribution is -2.06. The third kappa shape index (κ3) is 45.2. The molecule has 0 N–H and O–H groups in total. The van der Waals surface area contributed by atoms with Crippen LogP contribution in [0.1, 0.15) is 404 Å². The van der Waals surface area contributed by atoms with Crippen LogP contribution in [0.3, 0.4) is 0 Å². The Balaban J connectivity index is 1.26. The molecular formula is C90H148O6S2. The van der Waals surface area contributed by atoms with E-state index in [1.807, 2.05) is 72.8 Å². The van der Waals surface area contributed by atoms with Gasteiger partial charge >= 0.3 is 0 Å². The van der Waals surface area contributed by atoms with Gasteiger partial charge in [-0.25, -0.2) is 0 Å². The summed E-state index contributed by atoms with van der Waals surface area (Å²) in [7, 11) is 0. The van der Waals surface area contributed by atoms with Crippen molar-refractivity contribution < 1.29 is 28.4 Å². The fraction of sp³-hybridized carbons (Fsp3) is 0.722. The topological polar surface area (TPSA) is 55.4 Å². The lowest BCUT2D eigenvalue weighted by Gasteiger charge is -2.16. The van der Waals surface area contributed by atoms with Gasteiger partial charge in [-0.3, -0.25) is 0 Å². The van der Waals surface area contributed by atoms with Crippen LogP contribution in [0.25, 0.3) is 0 Å². The standard InChI is InChI=1S/C90H148O6S2/c1-5-9-13-17-21-25-29-33-37-41-45-49-53-57-73-91-85-71-69-83(77-87(85)93-75-59-55-51-47-43-39-35-31-27-23-19-15-11-7-3)95-81-65-61-79(62-66-81)89(97)90(98)80-63-67-82(68-64-80)96-84-70-72-86(92-74-58-54-50-46-42-38-34-30-26-22-18-14-10-6-2)88(78-84)94-76-60-56-52-48-44-40-36-32-28-24-20-16-12-8-4/h61-72,77-78,89,97H,5-60,73-76H2,1-4H3. The first kappa shape index (κ1) is 86.5. The molecule has 0 saturated carbocycles. The maximum atomic E-state index is 6.50. The van der Waals surface area contributed by atoms with Gasteiger partial charge in [0.05, 0.1) is 31.7 Å². The molecule has 4 aromatic rings. The summed E-state index contributed by atoms with van der Waals surface area (Å²) in [4.78, 5) is 0.748. The number of ether oxygens (including phenoxy) is 6. The van der Waals surface area contributed by atoms with Crippen LogP contribution in [0.4, 0.5) is 0 Å². The van der Waals surface area contributed by atoms with Crippen molar-refractivity contribution in [3.8, 4) is 46.0 Å². The Labute approximate surface area is 615 Å². The summed E-state index contributed by atoms with van der Waals surface area (Å²) in [5.74, 6) is 6.03. The molecule has 1 atom stereocenters. The van der Waals surface area contributed by atoms with E-state index in [-0.39, 0.29) is 5.25 Å². The predicted octanol–water partition coefficient (Wildman–Crippen LogP) is 31.1. The second-order valence-corrected chi connectivity index (χ2v) is 30.0. The minimum Gasteiger partial charge on any atom is -0.490 e. The average Bonchev–Trinajstić information content (AvgIpc) is 0.868. The van der Waals surface area contributed by atoms with Crippen LogP contribution in [-0.4, -0.2) is 31.3 Å². The molecule has 556 valence electrons. The highest BCUT2D eigenvalue weighted by molar-refractivity contribution is 7.86. The second kappa shape index (κ2) is 62.9. The third-order valence-corrected chi connectivity index (χ3v) is 21.1. The van der Waals surface area contributed by atoms with Gasteiger partial charge in [0.25, 0.3) is 0 Å². The van der Waals surface area contributed by atoms with Crippen molar-refractivity contribution in [3.05, 3.63) is 96.1 Å². The van der Waals surface area contributed by atoms with E-state index < -0.39 is 0 Å². The van der Waals surface area contributed by atoms with E-state index >= 15 is 0 Å². The number of hydrogen-bond acceptors (Lipinski definition) is 8. The fourth-order valence-corrected chi connectivity index (χ4v) is 14.1. The highest BCUT2D eigenvalue weighted by Crippen LogP contribution is 2.38.